The molecular weight excluding hydrogens is 208 g/mol. The van der Waals surface area contributed by atoms with Gasteiger partial charge in [0.15, 0.2) is 0 Å². The second-order valence-corrected chi connectivity index (χ2v) is 4.47. The van der Waals surface area contributed by atoms with E-state index in [0.29, 0.717) is 0 Å². The number of aromatic nitrogens is 1. The molecule has 0 aromatic carbocycles. The third-order valence-corrected chi connectivity index (χ3v) is 3.05. The van der Waals surface area contributed by atoms with Crippen molar-refractivity contribution in [3.05, 3.63) is 39.9 Å². The summed E-state index contributed by atoms with van der Waals surface area (Å²) in [7, 11) is 0. The van der Waals surface area contributed by atoms with Gasteiger partial charge in [-0.25, -0.2) is 0 Å². The Morgan fingerprint density at radius 3 is 3.13 bits per heavy atom. The summed E-state index contributed by atoms with van der Waals surface area (Å²) in [6.45, 7) is 3.66. The number of hydrogen-bond donors (Lipinski definition) is 1. The molecule has 0 atom stereocenters. The number of thiophene rings is 1. The van der Waals surface area contributed by atoms with Crippen LogP contribution in [-0.4, -0.2) is 11.7 Å². The summed E-state index contributed by atoms with van der Waals surface area (Å²) in [4.78, 5) is 1.42. The molecule has 2 aromatic heterocycles. The Labute approximate surface area is 93.1 Å². The number of rotatable bonds is 5. The van der Waals surface area contributed by atoms with E-state index >= 15 is 0 Å². The second-order valence-electron chi connectivity index (χ2n) is 3.44. The van der Waals surface area contributed by atoms with Gasteiger partial charge in [0.05, 0.1) is 5.69 Å². The first-order chi connectivity index (χ1) is 7.34. The van der Waals surface area contributed by atoms with Crippen molar-refractivity contribution in [1.82, 2.24) is 10.5 Å². The Balaban J connectivity index is 1.67. The van der Waals surface area contributed by atoms with Crippen LogP contribution >= 0.6 is 11.3 Å². The Bertz CT molecular complexity index is 394. The highest BCUT2D eigenvalue weighted by molar-refractivity contribution is 7.09. The topological polar surface area (TPSA) is 38.1 Å². The maximum absolute atomic E-state index is 4.98. The summed E-state index contributed by atoms with van der Waals surface area (Å²) >= 11 is 1.80. The molecular formula is C11H14N2OS. The Morgan fingerprint density at radius 2 is 2.47 bits per heavy atom. The Kier molecular flexibility index (Phi) is 3.53. The Morgan fingerprint density at radius 1 is 1.53 bits per heavy atom. The van der Waals surface area contributed by atoms with Crippen molar-refractivity contribution in [1.29, 1.82) is 0 Å². The molecule has 0 aliphatic carbocycles. The van der Waals surface area contributed by atoms with Crippen LogP contribution in [0.2, 0.25) is 0 Å². The molecule has 80 valence electrons. The van der Waals surface area contributed by atoms with Crippen LogP contribution < -0.4 is 5.32 Å². The standard InChI is InChI=1S/C11H14N2OS/c1-9-7-10(13-14-9)8-12-5-4-11-3-2-6-15-11/h2-3,6-7,12H,4-5,8H2,1H3. The van der Waals surface area contributed by atoms with E-state index < -0.39 is 0 Å². The second kappa shape index (κ2) is 5.09. The lowest BCUT2D eigenvalue weighted by molar-refractivity contribution is 0.388. The van der Waals surface area contributed by atoms with Gasteiger partial charge in [-0.1, -0.05) is 11.2 Å². The summed E-state index contributed by atoms with van der Waals surface area (Å²) in [5.74, 6) is 0.866. The quantitative estimate of drug-likeness (QED) is 0.789. The smallest absolute Gasteiger partial charge is 0.133 e. The van der Waals surface area contributed by atoms with Crippen LogP contribution in [0.1, 0.15) is 16.3 Å². The molecule has 0 radical (unpaired) electrons. The van der Waals surface area contributed by atoms with Crippen molar-refractivity contribution in [2.24, 2.45) is 0 Å². The molecule has 0 aliphatic rings. The lowest BCUT2D eigenvalue weighted by atomic mass is 10.3. The SMILES string of the molecule is Cc1cc(CNCCc2cccs2)no1. The molecule has 2 rings (SSSR count). The molecule has 0 saturated carbocycles. The molecule has 0 bridgehead atoms. The molecule has 0 amide bonds. The van der Waals surface area contributed by atoms with Crippen molar-refractivity contribution < 1.29 is 4.52 Å². The molecule has 2 aromatic rings. The van der Waals surface area contributed by atoms with Gasteiger partial charge in [-0.2, -0.15) is 0 Å². The summed E-state index contributed by atoms with van der Waals surface area (Å²) in [6, 6.07) is 6.20. The van der Waals surface area contributed by atoms with E-state index in [1.54, 1.807) is 11.3 Å². The molecule has 4 heteroatoms. The molecule has 15 heavy (non-hydrogen) atoms. The van der Waals surface area contributed by atoms with E-state index in [1.165, 1.54) is 4.88 Å². The van der Waals surface area contributed by atoms with E-state index in [-0.39, 0.29) is 0 Å². The zero-order chi connectivity index (χ0) is 10.5. The zero-order valence-corrected chi connectivity index (χ0v) is 9.51. The van der Waals surface area contributed by atoms with Crippen molar-refractivity contribution in [3.63, 3.8) is 0 Å². The summed E-state index contributed by atoms with van der Waals surface area (Å²) in [5, 5.41) is 9.36. The number of hydrogen-bond acceptors (Lipinski definition) is 4. The average molecular weight is 222 g/mol. The predicted molar refractivity (Wildman–Crippen MR) is 61.0 cm³/mol. The maximum Gasteiger partial charge on any atom is 0.133 e. The normalized spacial score (nSPS) is 10.7. The number of nitrogens with zero attached hydrogens (tertiary/aromatic N) is 1. The van der Waals surface area contributed by atoms with Gasteiger partial charge < -0.3 is 9.84 Å². The third-order valence-electron chi connectivity index (χ3n) is 2.11. The van der Waals surface area contributed by atoms with Gasteiger partial charge in [0.1, 0.15) is 5.76 Å². The average Bonchev–Trinajstić information content (AvgIpc) is 2.84. The van der Waals surface area contributed by atoms with Crippen molar-refractivity contribution in [2.45, 2.75) is 19.9 Å². The van der Waals surface area contributed by atoms with Gasteiger partial charge in [0.2, 0.25) is 0 Å². The molecule has 0 fully saturated rings. The van der Waals surface area contributed by atoms with E-state index in [9.17, 15) is 0 Å². The van der Waals surface area contributed by atoms with Crippen LogP contribution in [0.4, 0.5) is 0 Å². The molecule has 0 spiro atoms. The van der Waals surface area contributed by atoms with Crippen LogP contribution in [0.3, 0.4) is 0 Å². The minimum Gasteiger partial charge on any atom is -0.361 e. The van der Waals surface area contributed by atoms with Crippen LogP contribution in [0.25, 0.3) is 0 Å². The monoisotopic (exact) mass is 222 g/mol. The molecule has 3 nitrogen and oxygen atoms in total. The first kappa shape index (κ1) is 10.4. The minimum absolute atomic E-state index is 0.780. The van der Waals surface area contributed by atoms with Crippen molar-refractivity contribution >= 4 is 11.3 Å². The zero-order valence-electron chi connectivity index (χ0n) is 8.69. The highest BCUT2D eigenvalue weighted by Crippen LogP contribution is 2.08. The van der Waals surface area contributed by atoms with Gasteiger partial charge in [0.25, 0.3) is 0 Å². The van der Waals surface area contributed by atoms with Gasteiger partial charge in [-0.3, -0.25) is 0 Å². The summed E-state index contributed by atoms with van der Waals surface area (Å²) in [5.41, 5.74) is 0.971. The lowest BCUT2D eigenvalue weighted by Crippen LogP contribution is -2.16. The summed E-state index contributed by atoms with van der Waals surface area (Å²) < 4.78 is 4.98. The number of nitrogens with one attached hydrogen (secondary N) is 1. The largest absolute Gasteiger partial charge is 0.361 e. The fourth-order valence-electron chi connectivity index (χ4n) is 1.38. The van der Waals surface area contributed by atoms with E-state index in [0.717, 1.165) is 31.0 Å². The Hall–Kier alpha value is -1.13. The number of aryl methyl sites for hydroxylation is 1. The highest BCUT2D eigenvalue weighted by Gasteiger charge is 1.99. The van der Waals surface area contributed by atoms with Gasteiger partial charge in [-0.05, 0) is 24.8 Å². The van der Waals surface area contributed by atoms with Crippen LogP contribution in [0, 0.1) is 6.92 Å². The van der Waals surface area contributed by atoms with Gasteiger partial charge in [0, 0.05) is 24.0 Å². The van der Waals surface area contributed by atoms with Crippen molar-refractivity contribution in [3.8, 4) is 0 Å². The molecule has 2 heterocycles. The molecule has 0 unspecified atom stereocenters. The molecule has 0 saturated heterocycles. The van der Waals surface area contributed by atoms with E-state index in [4.69, 9.17) is 4.52 Å². The van der Waals surface area contributed by atoms with E-state index in [2.05, 4.69) is 28.0 Å². The van der Waals surface area contributed by atoms with Gasteiger partial charge in [-0.15, -0.1) is 11.3 Å². The predicted octanol–water partition coefficient (Wildman–Crippen LogP) is 2.38. The maximum atomic E-state index is 4.98. The third kappa shape index (κ3) is 3.18. The van der Waals surface area contributed by atoms with Crippen molar-refractivity contribution in [2.75, 3.05) is 6.54 Å². The van der Waals surface area contributed by atoms with Crippen LogP contribution in [0.15, 0.2) is 28.1 Å². The first-order valence-electron chi connectivity index (χ1n) is 5.00. The van der Waals surface area contributed by atoms with Crippen LogP contribution in [0.5, 0.6) is 0 Å². The van der Waals surface area contributed by atoms with Crippen LogP contribution in [-0.2, 0) is 13.0 Å². The first-order valence-corrected chi connectivity index (χ1v) is 5.88. The van der Waals surface area contributed by atoms with E-state index in [1.807, 2.05) is 13.0 Å². The molecule has 1 N–H and O–H groups in total. The summed E-state index contributed by atoms with van der Waals surface area (Å²) in [6.07, 6.45) is 1.08. The molecule has 0 aliphatic heterocycles. The highest BCUT2D eigenvalue weighted by atomic mass is 32.1. The van der Waals surface area contributed by atoms with Gasteiger partial charge >= 0.3 is 0 Å². The fraction of sp³-hybridized carbons (Fsp3) is 0.364. The fourth-order valence-corrected chi connectivity index (χ4v) is 2.09. The minimum atomic E-state index is 0.780. The lowest BCUT2D eigenvalue weighted by Gasteiger charge is -1.99.